The maximum Gasteiger partial charge on any atom is 0.255 e. The molecule has 158 valence electrons. The Morgan fingerprint density at radius 3 is 1.90 bits per heavy atom. The van der Waals surface area contributed by atoms with Crippen molar-refractivity contribution in [3.05, 3.63) is 52.0 Å². The van der Waals surface area contributed by atoms with Crippen LogP contribution >= 0.6 is 11.6 Å². The first-order valence-corrected chi connectivity index (χ1v) is 11.0. The maximum absolute atomic E-state index is 13.0. The number of anilines is 1. The number of nitrogens with one attached hydrogen (secondary N) is 1. The fourth-order valence-corrected chi connectivity index (χ4v) is 3.80. The zero-order chi connectivity index (χ0) is 22.4. The van der Waals surface area contributed by atoms with Gasteiger partial charge in [0.1, 0.15) is 10.6 Å². The number of nitrogens with two attached hydrogens (primary N) is 1. The smallest absolute Gasteiger partial charge is 0.255 e. The van der Waals surface area contributed by atoms with Crippen molar-refractivity contribution >= 4 is 33.2 Å². The third kappa shape index (κ3) is 5.29. The van der Waals surface area contributed by atoms with Crippen molar-refractivity contribution < 1.29 is 18.3 Å². The average Bonchev–Trinajstić information content (AvgIpc) is 2.51. The van der Waals surface area contributed by atoms with Gasteiger partial charge in [0.15, 0.2) is 0 Å². The molecule has 0 aliphatic rings. The van der Waals surface area contributed by atoms with Gasteiger partial charge in [-0.25, -0.2) is 13.6 Å². The number of phenolic OH excluding ortho intramolecular Hbond substituents is 1. The Morgan fingerprint density at radius 2 is 1.48 bits per heavy atom. The Morgan fingerprint density at radius 1 is 1.00 bits per heavy atom. The number of halogens is 1. The molecule has 29 heavy (non-hydrogen) atoms. The first kappa shape index (κ1) is 23.2. The van der Waals surface area contributed by atoms with E-state index >= 15 is 0 Å². The summed E-state index contributed by atoms with van der Waals surface area (Å²) in [6.45, 7) is 11.6. The SMILES string of the molecule is CC(C)(C)c1cc(C(=O)Nc2cc(Cl)ccc2S(N)(=O)=O)cc(C(C)(C)C)c1O. The number of benzene rings is 2. The van der Waals surface area contributed by atoms with E-state index in [0.717, 1.165) is 0 Å². The van der Waals surface area contributed by atoms with E-state index in [2.05, 4.69) is 5.32 Å². The van der Waals surface area contributed by atoms with Gasteiger partial charge in [0, 0.05) is 21.7 Å². The van der Waals surface area contributed by atoms with Crippen LogP contribution in [0.4, 0.5) is 5.69 Å². The molecule has 0 aliphatic carbocycles. The van der Waals surface area contributed by atoms with Crippen LogP contribution < -0.4 is 10.5 Å². The molecule has 0 aliphatic heterocycles. The van der Waals surface area contributed by atoms with Gasteiger partial charge >= 0.3 is 0 Å². The normalized spacial score (nSPS) is 12.7. The molecule has 2 rings (SSSR count). The Bertz CT molecular complexity index is 1030. The van der Waals surface area contributed by atoms with E-state index in [1.165, 1.54) is 18.2 Å². The van der Waals surface area contributed by atoms with Gasteiger partial charge in [0.25, 0.3) is 5.91 Å². The van der Waals surface area contributed by atoms with Crippen LogP contribution in [0.2, 0.25) is 5.02 Å². The highest BCUT2D eigenvalue weighted by atomic mass is 35.5. The van der Waals surface area contributed by atoms with Crippen LogP contribution in [0.15, 0.2) is 35.2 Å². The van der Waals surface area contributed by atoms with Crippen molar-refractivity contribution in [3.8, 4) is 5.75 Å². The summed E-state index contributed by atoms with van der Waals surface area (Å²) in [7, 11) is -4.06. The van der Waals surface area contributed by atoms with E-state index in [-0.39, 0.29) is 26.9 Å². The quantitative estimate of drug-likeness (QED) is 0.653. The molecule has 0 heterocycles. The second-order valence-electron chi connectivity index (χ2n) is 9.06. The highest BCUT2D eigenvalue weighted by molar-refractivity contribution is 7.89. The molecule has 0 fully saturated rings. The zero-order valence-corrected chi connectivity index (χ0v) is 19.0. The van der Waals surface area contributed by atoms with Gasteiger partial charge < -0.3 is 10.4 Å². The Balaban J connectivity index is 2.62. The minimum absolute atomic E-state index is 0.00677. The summed E-state index contributed by atoms with van der Waals surface area (Å²) in [4.78, 5) is 12.8. The van der Waals surface area contributed by atoms with Crippen molar-refractivity contribution in [2.24, 2.45) is 5.14 Å². The van der Waals surface area contributed by atoms with Crippen LogP contribution in [0.5, 0.6) is 5.75 Å². The summed E-state index contributed by atoms with van der Waals surface area (Å²) in [6.07, 6.45) is 0. The fourth-order valence-electron chi connectivity index (χ4n) is 2.95. The van der Waals surface area contributed by atoms with E-state index in [9.17, 15) is 18.3 Å². The van der Waals surface area contributed by atoms with Crippen molar-refractivity contribution in [2.75, 3.05) is 5.32 Å². The lowest BCUT2D eigenvalue weighted by atomic mass is 9.78. The number of primary sulfonamides is 1. The molecule has 0 spiro atoms. The van der Waals surface area contributed by atoms with E-state index in [1.807, 2.05) is 41.5 Å². The summed E-state index contributed by atoms with van der Waals surface area (Å²) in [5, 5.41) is 18.9. The molecule has 0 atom stereocenters. The number of carbonyl (C=O) groups excluding carboxylic acids is 1. The van der Waals surface area contributed by atoms with Crippen molar-refractivity contribution in [2.45, 2.75) is 57.3 Å². The summed E-state index contributed by atoms with van der Waals surface area (Å²) >= 11 is 5.97. The molecule has 0 unspecified atom stereocenters. The molecule has 8 heteroatoms. The molecule has 0 aromatic heterocycles. The number of hydrogen-bond acceptors (Lipinski definition) is 4. The molecule has 1 amide bonds. The topological polar surface area (TPSA) is 109 Å². The minimum atomic E-state index is -4.06. The molecule has 0 radical (unpaired) electrons. The monoisotopic (exact) mass is 438 g/mol. The average molecular weight is 439 g/mol. The first-order chi connectivity index (χ1) is 13.0. The molecule has 6 nitrogen and oxygen atoms in total. The third-order valence-electron chi connectivity index (χ3n) is 4.48. The molecule has 2 aromatic carbocycles. The van der Waals surface area contributed by atoms with Crippen LogP contribution in [0.25, 0.3) is 0 Å². The van der Waals surface area contributed by atoms with Gasteiger partial charge in [0.2, 0.25) is 10.0 Å². The highest BCUT2D eigenvalue weighted by Gasteiger charge is 2.28. The van der Waals surface area contributed by atoms with E-state index in [1.54, 1.807) is 12.1 Å². The molecule has 4 N–H and O–H groups in total. The lowest BCUT2D eigenvalue weighted by Gasteiger charge is -2.28. The van der Waals surface area contributed by atoms with Crippen molar-refractivity contribution in [1.82, 2.24) is 0 Å². The van der Waals surface area contributed by atoms with Gasteiger partial charge in [-0.3, -0.25) is 4.79 Å². The lowest BCUT2D eigenvalue weighted by Crippen LogP contribution is -2.22. The summed E-state index contributed by atoms with van der Waals surface area (Å²) in [5.74, 6) is -0.386. The van der Waals surface area contributed by atoms with Crippen molar-refractivity contribution in [1.29, 1.82) is 0 Å². The number of phenols is 1. The van der Waals surface area contributed by atoms with Crippen LogP contribution in [-0.2, 0) is 20.9 Å². The van der Waals surface area contributed by atoms with E-state index < -0.39 is 26.8 Å². The van der Waals surface area contributed by atoms with Gasteiger partial charge in [-0.15, -0.1) is 0 Å². The summed E-state index contributed by atoms with van der Waals surface area (Å²) in [6, 6.07) is 7.18. The number of amides is 1. The number of hydrogen-bond donors (Lipinski definition) is 3. The molecular weight excluding hydrogens is 412 g/mol. The summed E-state index contributed by atoms with van der Waals surface area (Å²) in [5.41, 5.74) is 0.691. The fraction of sp³-hybridized carbons (Fsp3) is 0.381. The third-order valence-corrected chi connectivity index (χ3v) is 5.69. The molecule has 0 bridgehead atoms. The maximum atomic E-state index is 13.0. The number of sulfonamides is 1. The molecular formula is C21H27ClN2O4S. The Labute approximate surface area is 177 Å². The lowest BCUT2D eigenvalue weighted by molar-refractivity contribution is 0.102. The van der Waals surface area contributed by atoms with Crippen LogP contribution in [0.1, 0.15) is 63.0 Å². The van der Waals surface area contributed by atoms with Gasteiger partial charge in [-0.1, -0.05) is 53.1 Å². The Kier molecular flexibility index (Phi) is 6.10. The summed E-state index contributed by atoms with van der Waals surface area (Å²) < 4.78 is 23.7. The standard InChI is InChI=1S/C21H27ClN2O4S/c1-20(2,3)14-9-12(10-15(18(14)25)21(4,5)6)19(26)24-16-11-13(22)7-8-17(16)29(23,27)28/h7-11,25H,1-6H3,(H,24,26)(H2,23,27,28). The van der Waals surface area contributed by atoms with Crippen molar-refractivity contribution in [3.63, 3.8) is 0 Å². The van der Waals surface area contributed by atoms with Crippen LogP contribution in [0, 0.1) is 0 Å². The van der Waals surface area contributed by atoms with Gasteiger partial charge in [-0.05, 0) is 41.2 Å². The number of carbonyl (C=O) groups is 1. The van der Waals surface area contributed by atoms with E-state index in [4.69, 9.17) is 16.7 Å². The predicted octanol–water partition coefficient (Wildman–Crippen LogP) is 4.54. The minimum Gasteiger partial charge on any atom is -0.507 e. The second kappa shape index (κ2) is 7.63. The van der Waals surface area contributed by atoms with E-state index in [0.29, 0.717) is 11.1 Å². The molecule has 0 saturated heterocycles. The predicted molar refractivity (Wildman–Crippen MR) is 116 cm³/mol. The van der Waals surface area contributed by atoms with Gasteiger partial charge in [0.05, 0.1) is 5.69 Å². The second-order valence-corrected chi connectivity index (χ2v) is 11.0. The van der Waals surface area contributed by atoms with Crippen LogP contribution in [0.3, 0.4) is 0 Å². The first-order valence-electron chi connectivity index (χ1n) is 9.03. The molecule has 2 aromatic rings. The Hall–Kier alpha value is -2.09. The number of aromatic hydroxyl groups is 1. The zero-order valence-electron chi connectivity index (χ0n) is 17.4. The largest absolute Gasteiger partial charge is 0.507 e. The number of rotatable bonds is 3. The van der Waals surface area contributed by atoms with Crippen LogP contribution in [-0.4, -0.2) is 19.4 Å². The molecule has 0 saturated carbocycles. The van der Waals surface area contributed by atoms with Gasteiger partial charge in [-0.2, -0.15) is 0 Å². The highest BCUT2D eigenvalue weighted by Crippen LogP contribution is 2.40.